The number of nitrogens with zero attached hydrogens (tertiary/aromatic N) is 1. The monoisotopic (exact) mass is 241 g/mol. The molecule has 4 nitrogen and oxygen atoms in total. The molecule has 16 heavy (non-hydrogen) atoms. The third kappa shape index (κ3) is 4.28. The lowest BCUT2D eigenvalue weighted by Crippen LogP contribution is -2.31. The zero-order chi connectivity index (χ0) is 12.0. The molecule has 5 heteroatoms. The Kier molecular flexibility index (Phi) is 5.42. The van der Waals surface area contributed by atoms with Crippen LogP contribution in [0.2, 0.25) is 0 Å². The van der Waals surface area contributed by atoms with Crippen LogP contribution in [0, 0.1) is 6.92 Å². The summed E-state index contributed by atoms with van der Waals surface area (Å²) in [7, 11) is 0. The minimum absolute atomic E-state index is 0.0208. The lowest BCUT2D eigenvalue weighted by molar-refractivity contribution is -0.121. The summed E-state index contributed by atoms with van der Waals surface area (Å²) in [5.41, 5.74) is 8.57. The van der Waals surface area contributed by atoms with Gasteiger partial charge in [-0.15, -0.1) is 11.3 Å². The van der Waals surface area contributed by atoms with Gasteiger partial charge in [0.15, 0.2) is 0 Å². The fourth-order valence-electron chi connectivity index (χ4n) is 1.46. The second kappa shape index (κ2) is 6.60. The Morgan fingerprint density at radius 1 is 1.69 bits per heavy atom. The third-order valence-corrected chi connectivity index (χ3v) is 3.33. The van der Waals surface area contributed by atoms with Crippen LogP contribution in [0.15, 0.2) is 5.51 Å². The van der Waals surface area contributed by atoms with Crippen LogP contribution in [0.25, 0.3) is 0 Å². The number of hydrogen-bond acceptors (Lipinski definition) is 4. The van der Waals surface area contributed by atoms with Crippen LogP contribution in [-0.4, -0.2) is 16.9 Å². The van der Waals surface area contributed by atoms with Crippen LogP contribution in [0.3, 0.4) is 0 Å². The molecular weight excluding hydrogens is 222 g/mol. The number of rotatable bonds is 6. The second-order valence-electron chi connectivity index (χ2n) is 3.89. The van der Waals surface area contributed by atoms with E-state index in [0.717, 1.165) is 23.4 Å². The molecule has 1 unspecified atom stereocenters. The van der Waals surface area contributed by atoms with Crippen molar-refractivity contribution >= 4 is 17.2 Å². The molecule has 1 amide bonds. The van der Waals surface area contributed by atoms with Gasteiger partial charge in [0.05, 0.1) is 17.7 Å². The highest BCUT2D eigenvalue weighted by Gasteiger charge is 2.09. The molecule has 90 valence electrons. The number of aromatic nitrogens is 1. The van der Waals surface area contributed by atoms with Gasteiger partial charge in [-0.05, 0) is 13.3 Å². The highest BCUT2D eigenvalue weighted by atomic mass is 32.1. The first-order valence-corrected chi connectivity index (χ1v) is 6.42. The van der Waals surface area contributed by atoms with Gasteiger partial charge < -0.3 is 11.1 Å². The first kappa shape index (κ1) is 13.1. The number of carbonyl (C=O) groups is 1. The van der Waals surface area contributed by atoms with Gasteiger partial charge in [0.1, 0.15) is 0 Å². The van der Waals surface area contributed by atoms with E-state index in [1.807, 2.05) is 6.92 Å². The van der Waals surface area contributed by atoms with E-state index in [2.05, 4.69) is 17.2 Å². The van der Waals surface area contributed by atoms with E-state index in [1.165, 1.54) is 0 Å². The van der Waals surface area contributed by atoms with Crippen LogP contribution in [0.4, 0.5) is 0 Å². The van der Waals surface area contributed by atoms with Gasteiger partial charge in [-0.1, -0.05) is 13.3 Å². The molecule has 0 fully saturated rings. The molecule has 1 aromatic rings. The normalized spacial score (nSPS) is 12.4. The minimum Gasteiger partial charge on any atom is -0.351 e. The molecule has 0 aliphatic carbocycles. The summed E-state index contributed by atoms with van der Waals surface area (Å²) in [5, 5.41) is 2.87. The molecule has 0 bridgehead atoms. The number of nitrogens with one attached hydrogen (secondary N) is 1. The molecule has 0 aliphatic heterocycles. The fourth-order valence-corrected chi connectivity index (χ4v) is 2.17. The lowest BCUT2D eigenvalue weighted by Gasteiger charge is -2.10. The van der Waals surface area contributed by atoms with E-state index in [1.54, 1.807) is 16.8 Å². The zero-order valence-electron chi connectivity index (χ0n) is 9.82. The van der Waals surface area contributed by atoms with Crippen molar-refractivity contribution in [2.24, 2.45) is 5.73 Å². The van der Waals surface area contributed by atoms with Crippen LogP contribution in [0.1, 0.15) is 36.8 Å². The van der Waals surface area contributed by atoms with Crippen molar-refractivity contribution in [3.05, 3.63) is 16.1 Å². The molecule has 1 atom stereocenters. The topological polar surface area (TPSA) is 68.0 Å². The predicted octanol–water partition coefficient (Wildman–Crippen LogP) is 1.59. The quantitative estimate of drug-likeness (QED) is 0.794. The molecular formula is C11H19N3OS. The van der Waals surface area contributed by atoms with Crippen molar-refractivity contribution in [3.63, 3.8) is 0 Å². The second-order valence-corrected chi connectivity index (χ2v) is 4.83. The van der Waals surface area contributed by atoms with Gasteiger partial charge in [-0.3, -0.25) is 4.79 Å². The molecule has 0 radical (unpaired) electrons. The van der Waals surface area contributed by atoms with Crippen molar-refractivity contribution in [3.8, 4) is 0 Å². The summed E-state index contributed by atoms with van der Waals surface area (Å²) in [6, 6.07) is -0.0208. The summed E-state index contributed by atoms with van der Waals surface area (Å²) in [5.74, 6) is 0.0220. The molecule has 1 aromatic heterocycles. The summed E-state index contributed by atoms with van der Waals surface area (Å²) < 4.78 is 0. The highest BCUT2D eigenvalue weighted by molar-refractivity contribution is 7.09. The van der Waals surface area contributed by atoms with Crippen molar-refractivity contribution in [1.82, 2.24) is 10.3 Å². The van der Waals surface area contributed by atoms with Crippen molar-refractivity contribution in [2.45, 2.75) is 45.7 Å². The number of nitrogens with two attached hydrogens (primary N) is 1. The maximum atomic E-state index is 11.5. The molecule has 0 saturated carbocycles. The largest absolute Gasteiger partial charge is 0.351 e. The maximum absolute atomic E-state index is 11.5. The van der Waals surface area contributed by atoms with Crippen LogP contribution >= 0.6 is 11.3 Å². The average molecular weight is 241 g/mol. The standard InChI is InChI=1S/C11H19N3OS/c1-3-4-9(12)5-11(15)13-6-10-8(2)14-7-16-10/h7,9H,3-6,12H2,1-2H3,(H,13,15). The molecule has 0 spiro atoms. The lowest BCUT2D eigenvalue weighted by atomic mass is 10.1. The van der Waals surface area contributed by atoms with Crippen molar-refractivity contribution in [1.29, 1.82) is 0 Å². The Balaban J connectivity index is 2.28. The molecule has 0 saturated heterocycles. The molecule has 3 N–H and O–H groups in total. The smallest absolute Gasteiger partial charge is 0.221 e. The van der Waals surface area contributed by atoms with Crippen LogP contribution < -0.4 is 11.1 Å². The van der Waals surface area contributed by atoms with Gasteiger partial charge in [0.25, 0.3) is 0 Å². The van der Waals surface area contributed by atoms with E-state index >= 15 is 0 Å². The van der Waals surface area contributed by atoms with E-state index in [-0.39, 0.29) is 11.9 Å². The minimum atomic E-state index is -0.0208. The van der Waals surface area contributed by atoms with E-state index < -0.39 is 0 Å². The number of thiazole rings is 1. The highest BCUT2D eigenvalue weighted by Crippen LogP contribution is 2.11. The van der Waals surface area contributed by atoms with Crippen LogP contribution in [0.5, 0.6) is 0 Å². The summed E-state index contributed by atoms with van der Waals surface area (Å²) in [6.45, 7) is 4.58. The predicted molar refractivity (Wildman–Crippen MR) is 66.2 cm³/mol. The number of amides is 1. The number of aryl methyl sites for hydroxylation is 1. The number of hydrogen-bond donors (Lipinski definition) is 2. The molecule has 0 aliphatic rings. The van der Waals surface area contributed by atoms with Gasteiger partial charge in [-0.25, -0.2) is 4.98 Å². The Labute approximate surface area is 100 Å². The Hall–Kier alpha value is -0.940. The molecule has 0 aromatic carbocycles. The van der Waals surface area contributed by atoms with Gasteiger partial charge in [0, 0.05) is 17.3 Å². The fraction of sp³-hybridized carbons (Fsp3) is 0.636. The van der Waals surface area contributed by atoms with Gasteiger partial charge >= 0.3 is 0 Å². The third-order valence-electron chi connectivity index (χ3n) is 2.40. The van der Waals surface area contributed by atoms with Crippen molar-refractivity contribution < 1.29 is 4.79 Å². The van der Waals surface area contributed by atoms with E-state index in [0.29, 0.717) is 13.0 Å². The summed E-state index contributed by atoms with van der Waals surface area (Å²) in [4.78, 5) is 16.8. The summed E-state index contributed by atoms with van der Waals surface area (Å²) >= 11 is 1.56. The Morgan fingerprint density at radius 2 is 2.44 bits per heavy atom. The van der Waals surface area contributed by atoms with Gasteiger partial charge in [-0.2, -0.15) is 0 Å². The summed E-state index contributed by atoms with van der Waals surface area (Å²) in [6.07, 6.45) is 2.32. The van der Waals surface area contributed by atoms with Crippen molar-refractivity contribution in [2.75, 3.05) is 0 Å². The Morgan fingerprint density at radius 3 is 3.00 bits per heavy atom. The average Bonchev–Trinajstić information content (AvgIpc) is 2.61. The van der Waals surface area contributed by atoms with Crippen LogP contribution in [-0.2, 0) is 11.3 Å². The van der Waals surface area contributed by atoms with E-state index in [9.17, 15) is 4.79 Å². The molecule has 1 heterocycles. The number of carbonyl (C=O) groups excluding carboxylic acids is 1. The van der Waals surface area contributed by atoms with Gasteiger partial charge in [0.2, 0.25) is 5.91 Å². The Bertz CT molecular complexity index is 338. The zero-order valence-corrected chi connectivity index (χ0v) is 10.6. The SMILES string of the molecule is CCCC(N)CC(=O)NCc1scnc1C. The van der Waals surface area contributed by atoms with E-state index in [4.69, 9.17) is 5.73 Å². The maximum Gasteiger partial charge on any atom is 0.221 e. The first-order chi connectivity index (χ1) is 7.63. The molecule has 1 rings (SSSR count). The first-order valence-electron chi connectivity index (χ1n) is 5.54.